The summed E-state index contributed by atoms with van der Waals surface area (Å²) in [5, 5.41) is 5.74. The maximum atomic E-state index is 13.5. The highest BCUT2D eigenvalue weighted by Crippen LogP contribution is 2.36. The number of carbonyl (C=O) groups is 3. The Balaban J connectivity index is 1.50. The van der Waals surface area contributed by atoms with E-state index in [0.717, 1.165) is 17.7 Å². The number of nitrogens with zero attached hydrogens (tertiary/aromatic N) is 1. The largest absolute Gasteiger partial charge is 0.364 e. The van der Waals surface area contributed by atoms with Crippen molar-refractivity contribution in [2.45, 2.75) is 18.9 Å². The predicted octanol–water partition coefficient (Wildman–Crippen LogP) is 4.84. The first-order valence-corrected chi connectivity index (χ1v) is 11.7. The number of halogens is 1. The van der Waals surface area contributed by atoms with Crippen LogP contribution >= 0.6 is 11.6 Å². The molecule has 1 unspecified atom stereocenters. The summed E-state index contributed by atoms with van der Waals surface area (Å²) in [5.41, 5.74) is 3.09. The number of para-hydroxylation sites is 1. The molecule has 0 radical (unpaired) electrons. The van der Waals surface area contributed by atoms with E-state index in [1.165, 1.54) is 0 Å². The van der Waals surface area contributed by atoms with Gasteiger partial charge in [-0.15, -0.1) is 0 Å². The molecule has 0 aromatic heterocycles. The first-order chi connectivity index (χ1) is 17.0. The van der Waals surface area contributed by atoms with E-state index in [9.17, 15) is 14.4 Å². The fraction of sp³-hybridized carbons (Fsp3) is 0.222. The van der Waals surface area contributed by atoms with E-state index in [0.29, 0.717) is 34.8 Å². The summed E-state index contributed by atoms with van der Waals surface area (Å²) in [5.74, 6) is -0.659. The van der Waals surface area contributed by atoms with Crippen LogP contribution in [0.25, 0.3) is 0 Å². The van der Waals surface area contributed by atoms with Gasteiger partial charge in [0.25, 0.3) is 11.8 Å². The second kappa shape index (κ2) is 11.2. The van der Waals surface area contributed by atoms with E-state index in [-0.39, 0.29) is 30.4 Å². The van der Waals surface area contributed by atoms with Crippen LogP contribution in [0.1, 0.15) is 45.2 Å². The second-order valence-corrected chi connectivity index (χ2v) is 8.55. The van der Waals surface area contributed by atoms with Gasteiger partial charge in [-0.25, -0.2) is 0 Å². The maximum absolute atomic E-state index is 13.5. The van der Waals surface area contributed by atoms with Gasteiger partial charge in [-0.1, -0.05) is 41.9 Å². The third kappa shape index (κ3) is 5.70. The van der Waals surface area contributed by atoms with Crippen LogP contribution in [0.2, 0.25) is 5.02 Å². The van der Waals surface area contributed by atoms with Crippen LogP contribution in [0.5, 0.6) is 0 Å². The molecule has 0 aliphatic carbocycles. The van der Waals surface area contributed by atoms with Gasteiger partial charge in [-0.3, -0.25) is 14.4 Å². The van der Waals surface area contributed by atoms with E-state index >= 15 is 0 Å². The second-order valence-electron chi connectivity index (χ2n) is 8.14. The highest BCUT2D eigenvalue weighted by atomic mass is 35.5. The van der Waals surface area contributed by atoms with Crippen LogP contribution in [0.4, 0.5) is 11.4 Å². The number of nitrogens with one attached hydrogen (secondary N) is 2. The van der Waals surface area contributed by atoms with Crippen molar-refractivity contribution in [1.82, 2.24) is 5.32 Å². The van der Waals surface area contributed by atoms with Gasteiger partial charge in [0.1, 0.15) is 6.61 Å². The van der Waals surface area contributed by atoms with Gasteiger partial charge in [0.05, 0.1) is 16.7 Å². The third-order valence-electron chi connectivity index (χ3n) is 5.87. The Morgan fingerprint density at radius 1 is 1.00 bits per heavy atom. The zero-order valence-electron chi connectivity index (χ0n) is 19.3. The molecule has 4 rings (SSSR count). The number of fused-ring (bicyclic) bond motifs is 1. The van der Waals surface area contributed by atoms with Gasteiger partial charge in [-0.05, 0) is 55.3 Å². The zero-order chi connectivity index (χ0) is 24.8. The lowest BCUT2D eigenvalue weighted by Crippen LogP contribution is -2.31. The molecule has 0 spiro atoms. The van der Waals surface area contributed by atoms with Crippen LogP contribution in [-0.2, 0) is 9.53 Å². The van der Waals surface area contributed by atoms with E-state index in [1.807, 2.05) is 24.3 Å². The minimum absolute atomic E-state index is 0.0369. The molecule has 3 aromatic carbocycles. The molecule has 0 saturated heterocycles. The molecule has 0 saturated carbocycles. The Morgan fingerprint density at radius 2 is 1.71 bits per heavy atom. The molecule has 35 heavy (non-hydrogen) atoms. The van der Waals surface area contributed by atoms with Crippen LogP contribution in [-0.4, -0.2) is 37.9 Å². The number of benzene rings is 3. The van der Waals surface area contributed by atoms with Crippen LogP contribution in [0.3, 0.4) is 0 Å². The lowest BCUT2D eigenvalue weighted by molar-refractivity contribution is -0.127. The zero-order valence-corrected chi connectivity index (χ0v) is 20.0. The van der Waals surface area contributed by atoms with Crippen molar-refractivity contribution in [2.24, 2.45) is 0 Å². The molecule has 7 nitrogen and oxygen atoms in total. The summed E-state index contributed by atoms with van der Waals surface area (Å²) < 4.78 is 5.87. The Labute approximate surface area is 209 Å². The molecule has 0 fully saturated rings. The van der Waals surface area contributed by atoms with Crippen molar-refractivity contribution < 1.29 is 19.1 Å². The number of likely N-dealkylation sites (N-methyl/N-ethyl adjacent to an activating group) is 1. The highest BCUT2D eigenvalue weighted by Gasteiger charge is 2.27. The van der Waals surface area contributed by atoms with Crippen molar-refractivity contribution in [1.29, 1.82) is 0 Å². The van der Waals surface area contributed by atoms with Crippen molar-refractivity contribution >= 4 is 40.7 Å². The van der Waals surface area contributed by atoms with Crippen LogP contribution in [0.15, 0.2) is 72.8 Å². The van der Waals surface area contributed by atoms with Crippen LogP contribution < -0.4 is 15.5 Å². The quantitative estimate of drug-likeness (QED) is 0.516. The molecule has 0 bridgehead atoms. The lowest BCUT2D eigenvalue weighted by Gasteiger charge is -2.24. The van der Waals surface area contributed by atoms with Crippen molar-refractivity contribution in [2.75, 3.05) is 30.4 Å². The topological polar surface area (TPSA) is 87.7 Å². The number of hydrogen-bond donors (Lipinski definition) is 2. The molecular weight excluding hydrogens is 466 g/mol. The maximum Gasteiger partial charge on any atom is 0.258 e. The summed E-state index contributed by atoms with van der Waals surface area (Å²) in [6.07, 6.45) is 1.15. The molecule has 1 atom stereocenters. The molecule has 1 aliphatic rings. The molecule has 3 aromatic rings. The first kappa shape index (κ1) is 24.4. The smallest absolute Gasteiger partial charge is 0.258 e. The number of rotatable bonds is 6. The minimum Gasteiger partial charge on any atom is -0.364 e. The van der Waals surface area contributed by atoms with Gasteiger partial charge in [0.2, 0.25) is 5.91 Å². The van der Waals surface area contributed by atoms with Gasteiger partial charge < -0.3 is 20.3 Å². The minimum atomic E-state index is -0.320. The fourth-order valence-electron chi connectivity index (χ4n) is 4.04. The molecule has 180 valence electrons. The molecule has 1 aliphatic heterocycles. The Bertz CT molecular complexity index is 1230. The van der Waals surface area contributed by atoms with Crippen molar-refractivity contribution in [3.05, 3.63) is 94.5 Å². The number of hydrogen-bond acceptors (Lipinski definition) is 4. The monoisotopic (exact) mass is 491 g/mol. The summed E-state index contributed by atoms with van der Waals surface area (Å²) in [6.45, 7) is 0.492. The van der Waals surface area contributed by atoms with E-state index < -0.39 is 0 Å². The summed E-state index contributed by atoms with van der Waals surface area (Å²) >= 11 is 6.11. The Kier molecular flexibility index (Phi) is 7.80. The number of carbonyl (C=O) groups excluding carboxylic acids is 3. The molecular formula is C27H26ClN3O4. The lowest BCUT2D eigenvalue weighted by atomic mass is 10.0. The summed E-state index contributed by atoms with van der Waals surface area (Å²) in [4.78, 5) is 39.4. The average molecular weight is 492 g/mol. The molecule has 3 amide bonds. The first-order valence-electron chi connectivity index (χ1n) is 11.4. The van der Waals surface area contributed by atoms with Crippen LogP contribution in [0, 0.1) is 0 Å². The Morgan fingerprint density at radius 3 is 2.46 bits per heavy atom. The van der Waals surface area contributed by atoms with Gasteiger partial charge >= 0.3 is 0 Å². The molecule has 2 N–H and O–H groups in total. The molecule has 8 heteroatoms. The number of amides is 3. The number of anilines is 2. The standard InChI is InChI=1S/C27H26ClN3O4/c1-29-25(32)17-35-24-11-6-16-31(23-10-5-3-8-21(23)24)27(34)18-12-14-19(15-13-18)30-26(33)20-7-2-4-9-22(20)28/h2-5,7-10,12-15,24H,6,11,16-17H2,1H3,(H,29,32)(H,30,33). The van der Waals surface area contributed by atoms with E-state index in [2.05, 4.69) is 10.6 Å². The van der Waals surface area contributed by atoms with Crippen molar-refractivity contribution in [3.8, 4) is 0 Å². The van der Waals surface area contributed by atoms with E-state index in [4.69, 9.17) is 16.3 Å². The van der Waals surface area contributed by atoms with Gasteiger partial charge in [0.15, 0.2) is 0 Å². The summed E-state index contributed by atoms with van der Waals surface area (Å²) in [6, 6.07) is 21.2. The van der Waals surface area contributed by atoms with Gasteiger partial charge in [-0.2, -0.15) is 0 Å². The third-order valence-corrected chi connectivity index (χ3v) is 6.20. The van der Waals surface area contributed by atoms with Gasteiger partial charge in [0, 0.05) is 36.1 Å². The number of ether oxygens (including phenoxy) is 1. The average Bonchev–Trinajstić information content (AvgIpc) is 3.07. The Hall–Kier alpha value is -3.68. The SMILES string of the molecule is CNC(=O)COC1CCCN(C(=O)c2ccc(NC(=O)c3ccccc3Cl)cc2)c2ccccc21. The van der Waals surface area contributed by atoms with E-state index in [1.54, 1.807) is 60.5 Å². The molecule has 1 heterocycles. The predicted molar refractivity (Wildman–Crippen MR) is 136 cm³/mol. The summed E-state index contributed by atoms with van der Waals surface area (Å²) in [7, 11) is 1.57. The van der Waals surface area contributed by atoms with Crippen molar-refractivity contribution in [3.63, 3.8) is 0 Å². The highest BCUT2D eigenvalue weighted by molar-refractivity contribution is 6.34. The fourth-order valence-corrected chi connectivity index (χ4v) is 4.27. The normalized spacial score (nSPS) is 15.0.